The Morgan fingerprint density at radius 2 is 1.77 bits per heavy atom. The number of ether oxygens (including phenoxy) is 2. The van der Waals surface area contributed by atoms with Crippen LogP contribution in [0.3, 0.4) is 0 Å². The minimum absolute atomic E-state index is 0.280. The van der Waals surface area contributed by atoms with Crippen molar-refractivity contribution < 1.29 is 24.5 Å². The van der Waals surface area contributed by atoms with Crippen molar-refractivity contribution in [1.82, 2.24) is 0 Å². The topological polar surface area (TPSA) is 76.0 Å². The summed E-state index contributed by atoms with van der Waals surface area (Å²) in [5.41, 5.74) is 0. The molecule has 0 aliphatic heterocycles. The lowest BCUT2D eigenvalue weighted by molar-refractivity contribution is -0.137. The first-order valence-corrected chi connectivity index (χ1v) is 7.58. The zero-order chi connectivity index (χ0) is 17.0. The molecule has 0 rings (SSSR count). The highest BCUT2D eigenvalue weighted by Gasteiger charge is 2.24. The molecule has 0 spiro atoms. The van der Waals surface area contributed by atoms with Gasteiger partial charge in [-0.3, -0.25) is 0 Å². The Morgan fingerprint density at radius 1 is 1.14 bits per heavy atom. The van der Waals surface area contributed by atoms with Gasteiger partial charge in [0, 0.05) is 6.08 Å². The van der Waals surface area contributed by atoms with Crippen LogP contribution in [0.5, 0.6) is 0 Å². The van der Waals surface area contributed by atoms with Crippen LogP contribution in [-0.4, -0.2) is 47.2 Å². The molecule has 0 amide bonds. The maximum atomic E-state index is 11.4. The zero-order valence-corrected chi connectivity index (χ0v) is 13.5. The van der Waals surface area contributed by atoms with Crippen LogP contribution in [0.1, 0.15) is 33.1 Å². The number of carbonyl (C=O) groups is 1. The lowest BCUT2D eigenvalue weighted by Gasteiger charge is -2.28. The molecular weight excluding hydrogens is 284 g/mol. The summed E-state index contributed by atoms with van der Waals surface area (Å²) in [6, 6.07) is 0. The van der Waals surface area contributed by atoms with Crippen molar-refractivity contribution in [3.8, 4) is 0 Å². The van der Waals surface area contributed by atoms with Gasteiger partial charge in [-0.1, -0.05) is 19.1 Å². The monoisotopic (exact) mass is 312 g/mol. The Kier molecular flexibility index (Phi) is 11.4. The van der Waals surface area contributed by atoms with Crippen molar-refractivity contribution >= 4 is 5.97 Å². The Hall–Kier alpha value is -1.43. The molecular formula is C17H28O5. The Labute approximate surface area is 132 Å². The fourth-order valence-corrected chi connectivity index (χ4v) is 1.85. The molecule has 0 unspecified atom stereocenters. The summed E-state index contributed by atoms with van der Waals surface area (Å²) < 4.78 is 10.6. The van der Waals surface area contributed by atoms with Crippen LogP contribution in [0, 0.1) is 0 Å². The van der Waals surface area contributed by atoms with Crippen molar-refractivity contribution in [2.24, 2.45) is 0 Å². The molecule has 0 saturated heterocycles. The number of hydrogen-bond donors (Lipinski definition) is 2. The zero-order valence-electron chi connectivity index (χ0n) is 13.5. The summed E-state index contributed by atoms with van der Waals surface area (Å²) in [6.07, 6.45) is 4.41. The summed E-state index contributed by atoms with van der Waals surface area (Å²) in [4.78, 5) is 11.4. The second-order valence-corrected chi connectivity index (χ2v) is 4.84. The molecule has 0 aliphatic rings. The molecule has 0 saturated carbocycles. The van der Waals surface area contributed by atoms with Crippen LogP contribution in [-0.2, 0) is 14.3 Å². The van der Waals surface area contributed by atoms with Gasteiger partial charge in [0.1, 0.15) is 6.10 Å². The van der Waals surface area contributed by atoms with Crippen LogP contribution in [0.2, 0.25) is 0 Å². The van der Waals surface area contributed by atoms with Gasteiger partial charge in [0.25, 0.3) is 0 Å². The van der Waals surface area contributed by atoms with Crippen molar-refractivity contribution in [2.75, 3.05) is 6.61 Å². The molecule has 0 aromatic carbocycles. The quantitative estimate of drug-likeness (QED) is 0.328. The predicted octanol–water partition coefficient (Wildman–Crippen LogP) is 2.14. The average Bonchev–Trinajstić information content (AvgIpc) is 2.50. The van der Waals surface area contributed by atoms with E-state index in [0.29, 0.717) is 19.3 Å². The minimum atomic E-state index is -0.783. The summed E-state index contributed by atoms with van der Waals surface area (Å²) in [7, 11) is 0. The van der Waals surface area contributed by atoms with E-state index in [1.807, 2.05) is 6.92 Å². The van der Waals surface area contributed by atoms with Crippen LogP contribution in [0.25, 0.3) is 0 Å². The molecule has 5 heteroatoms. The van der Waals surface area contributed by atoms with E-state index >= 15 is 0 Å². The van der Waals surface area contributed by atoms with E-state index in [1.165, 1.54) is 12.2 Å². The second kappa shape index (κ2) is 12.1. The van der Waals surface area contributed by atoms with Gasteiger partial charge >= 0.3 is 5.97 Å². The third kappa shape index (κ3) is 8.12. The van der Waals surface area contributed by atoms with E-state index < -0.39 is 30.4 Å². The van der Waals surface area contributed by atoms with Gasteiger partial charge in [0.2, 0.25) is 0 Å². The highest BCUT2D eigenvalue weighted by atomic mass is 16.5. The minimum Gasteiger partial charge on any atom is -0.463 e. The maximum absolute atomic E-state index is 11.4. The molecule has 0 aromatic rings. The Morgan fingerprint density at radius 3 is 2.27 bits per heavy atom. The fourth-order valence-electron chi connectivity index (χ4n) is 1.85. The molecule has 2 N–H and O–H groups in total. The van der Waals surface area contributed by atoms with Gasteiger partial charge in [-0.05, 0) is 32.3 Å². The van der Waals surface area contributed by atoms with Gasteiger partial charge in [-0.25, -0.2) is 4.79 Å². The van der Waals surface area contributed by atoms with Gasteiger partial charge in [0.15, 0.2) is 0 Å². The Bertz CT molecular complexity index is 364. The first kappa shape index (κ1) is 20.6. The summed E-state index contributed by atoms with van der Waals surface area (Å²) >= 11 is 0. The summed E-state index contributed by atoms with van der Waals surface area (Å²) in [6.45, 7) is 11.0. The molecule has 0 aromatic heterocycles. The molecule has 0 aliphatic carbocycles. The molecule has 0 bridgehead atoms. The third-order valence-electron chi connectivity index (χ3n) is 3.07. The van der Waals surface area contributed by atoms with Crippen molar-refractivity contribution in [2.45, 2.75) is 57.5 Å². The molecule has 0 fully saturated rings. The molecule has 4 atom stereocenters. The van der Waals surface area contributed by atoms with E-state index in [1.54, 1.807) is 19.1 Å². The lowest BCUT2D eigenvalue weighted by Crippen LogP contribution is -2.37. The second-order valence-electron chi connectivity index (χ2n) is 4.84. The predicted molar refractivity (Wildman–Crippen MR) is 86.4 cm³/mol. The van der Waals surface area contributed by atoms with E-state index in [4.69, 9.17) is 9.47 Å². The van der Waals surface area contributed by atoms with Crippen LogP contribution in [0.15, 0.2) is 37.5 Å². The number of carbonyl (C=O) groups excluding carboxylic acids is 1. The molecule has 22 heavy (non-hydrogen) atoms. The van der Waals surface area contributed by atoms with Gasteiger partial charge in [0.05, 0.1) is 24.9 Å². The Balaban J connectivity index is 4.95. The number of hydrogen-bond acceptors (Lipinski definition) is 5. The van der Waals surface area contributed by atoms with E-state index in [2.05, 4.69) is 13.2 Å². The molecule has 126 valence electrons. The standard InChI is InChI=1S/C17H28O5/c1-5-9-14(19)15(10-6-2)22-16(13(18)7-3)11-12-17(20)21-8-4/h5-6,11-16,18-19H,1-2,7-10H2,3-4H3/b12-11+/t13-,14+,15+,16-/m1/s1. The van der Waals surface area contributed by atoms with Gasteiger partial charge in [-0.15, -0.1) is 13.2 Å². The number of aliphatic hydroxyl groups is 2. The fraction of sp³-hybridized carbons (Fsp3) is 0.588. The van der Waals surface area contributed by atoms with E-state index in [-0.39, 0.29) is 6.61 Å². The molecule has 5 nitrogen and oxygen atoms in total. The van der Waals surface area contributed by atoms with Gasteiger partial charge in [-0.2, -0.15) is 0 Å². The summed E-state index contributed by atoms with van der Waals surface area (Å²) in [5.74, 6) is -0.494. The number of aliphatic hydroxyl groups excluding tert-OH is 2. The molecule has 0 heterocycles. The first-order chi connectivity index (χ1) is 10.5. The SMILES string of the molecule is C=CC[C@H](O[C@H](/C=C/C(=O)OCC)[C@H](O)CC)[C@@H](O)CC=C. The normalized spacial score (nSPS) is 16.7. The van der Waals surface area contributed by atoms with Crippen molar-refractivity contribution in [1.29, 1.82) is 0 Å². The lowest BCUT2D eigenvalue weighted by atomic mass is 10.1. The smallest absolute Gasteiger partial charge is 0.330 e. The number of rotatable bonds is 12. The maximum Gasteiger partial charge on any atom is 0.330 e. The average molecular weight is 312 g/mol. The van der Waals surface area contributed by atoms with Gasteiger partial charge < -0.3 is 19.7 Å². The summed E-state index contributed by atoms with van der Waals surface area (Å²) in [5, 5.41) is 20.1. The van der Waals surface area contributed by atoms with Crippen molar-refractivity contribution in [3.05, 3.63) is 37.5 Å². The first-order valence-electron chi connectivity index (χ1n) is 7.58. The van der Waals surface area contributed by atoms with Crippen LogP contribution in [0.4, 0.5) is 0 Å². The molecule has 0 radical (unpaired) electrons. The third-order valence-corrected chi connectivity index (χ3v) is 3.07. The van der Waals surface area contributed by atoms with Crippen LogP contribution >= 0.6 is 0 Å². The van der Waals surface area contributed by atoms with Crippen molar-refractivity contribution in [3.63, 3.8) is 0 Å². The van der Waals surface area contributed by atoms with E-state index in [0.717, 1.165) is 0 Å². The highest BCUT2D eigenvalue weighted by Crippen LogP contribution is 2.16. The largest absolute Gasteiger partial charge is 0.463 e. The van der Waals surface area contributed by atoms with Crippen LogP contribution < -0.4 is 0 Å². The van der Waals surface area contributed by atoms with E-state index in [9.17, 15) is 15.0 Å². The highest BCUT2D eigenvalue weighted by molar-refractivity contribution is 5.81. The number of esters is 1.